The number of aryl methyl sites for hydroxylation is 1. The third-order valence-electron chi connectivity index (χ3n) is 6.45. The Kier molecular flexibility index (Phi) is 10.9. The van der Waals surface area contributed by atoms with Crippen LogP contribution in [0.25, 0.3) is 0 Å². The minimum absolute atomic E-state index is 0.0234. The lowest BCUT2D eigenvalue weighted by Gasteiger charge is -2.34. The van der Waals surface area contributed by atoms with Gasteiger partial charge in [0.15, 0.2) is 0 Å². The summed E-state index contributed by atoms with van der Waals surface area (Å²) in [6.45, 7) is 8.97. The van der Waals surface area contributed by atoms with Crippen LogP contribution in [-0.2, 0) is 26.0 Å². The summed E-state index contributed by atoms with van der Waals surface area (Å²) in [5, 5.41) is 3.37. The van der Waals surface area contributed by atoms with Crippen molar-refractivity contribution in [2.24, 2.45) is 0 Å². The number of rotatable bonds is 11. The SMILES string of the molecule is CC[C@@H](C(=O)NC(C)(C)C)N(CCc1ccccc1)C(=O)CN(c1ccc(Cl)c(Cl)c1)S(=O)(=O)c1ccc(C)cc1. The zero-order valence-corrected chi connectivity index (χ0v) is 26.4. The summed E-state index contributed by atoms with van der Waals surface area (Å²) in [5.41, 5.74) is 1.55. The van der Waals surface area contributed by atoms with Crippen LogP contribution in [0.3, 0.4) is 0 Å². The third-order valence-corrected chi connectivity index (χ3v) is 8.97. The fourth-order valence-electron chi connectivity index (χ4n) is 4.36. The first kappa shape index (κ1) is 32.4. The fraction of sp³-hybridized carbons (Fsp3) is 0.355. The quantitative estimate of drug-likeness (QED) is 0.275. The summed E-state index contributed by atoms with van der Waals surface area (Å²) in [6.07, 6.45) is 0.837. The van der Waals surface area contributed by atoms with Crippen LogP contribution in [0.2, 0.25) is 10.0 Å². The van der Waals surface area contributed by atoms with Crippen LogP contribution in [0.15, 0.2) is 77.7 Å². The Balaban J connectivity index is 2.04. The van der Waals surface area contributed by atoms with Gasteiger partial charge in [-0.15, -0.1) is 0 Å². The second-order valence-corrected chi connectivity index (χ2v) is 13.6. The van der Waals surface area contributed by atoms with Crippen molar-refractivity contribution in [1.29, 1.82) is 0 Å². The van der Waals surface area contributed by atoms with E-state index < -0.39 is 34.1 Å². The molecule has 41 heavy (non-hydrogen) atoms. The van der Waals surface area contributed by atoms with Gasteiger partial charge in [-0.1, -0.05) is 78.2 Å². The predicted octanol–water partition coefficient (Wildman–Crippen LogP) is 6.26. The largest absolute Gasteiger partial charge is 0.350 e. The smallest absolute Gasteiger partial charge is 0.264 e. The van der Waals surface area contributed by atoms with E-state index in [2.05, 4.69) is 5.32 Å². The van der Waals surface area contributed by atoms with Crippen molar-refractivity contribution in [1.82, 2.24) is 10.2 Å². The maximum atomic E-state index is 14.1. The van der Waals surface area contributed by atoms with E-state index in [1.165, 1.54) is 35.2 Å². The standard InChI is InChI=1S/C31H37Cl2N3O4S/c1-6-28(30(38)34-31(3,4)5)35(19-18-23-10-8-7-9-11-23)29(37)21-36(24-14-17-26(32)27(33)20-24)41(39,40)25-15-12-22(2)13-16-25/h7-17,20,28H,6,18-19,21H2,1-5H3,(H,34,38)/t28-/m0/s1. The van der Waals surface area contributed by atoms with Crippen molar-refractivity contribution in [2.45, 2.75) is 63.9 Å². The van der Waals surface area contributed by atoms with Gasteiger partial charge in [0.1, 0.15) is 12.6 Å². The highest BCUT2D eigenvalue weighted by atomic mass is 35.5. The first-order valence-corrected chi connectivity index (χ1v) is 15.6. The van der Waals surface area contributed by atoms with Crippen LogP contribution < -0.4 is 9.62 Å². The zero-order chi connectivity index (χ0) is 30.4. The summed E-state index contributed by atoms with van der Waals surface area (Å²) in [5.74, 6) is -0.817. The molecule has 3 aromatic rings. The van der Waals surface area contributed by atoms with Gasteiger partial charge in [-0.3, -0.25) is 13.9 Å². The first-order valence-electron chi connectivity index (χ1n) is 13.4. The maximum absolute atomic E-state index is 14.1. The van der Waals surface area contributed by atoms with E-state index in [0.29, 0.717) is 12.8 Å². The summed E-state index contributed by atoms with van der Waals surface area (Å²) < 4.78 is 28.9. The molecule has 0 aliphatic carbocycles. The average Bonchev–Trinajstić information content (AvgIpc) is 2.90. The molecule has 7 nitrogen and oxygen atoms in total. The molecule has 0 saturated heterocycles. The van der Waals surface area contributed by atoms with Crippen LogP contribution in [-0.4, -0.2) is 49.8 Å². The van der Waals surface area contributed by atoms with Crippen molar-refractivity contribution < 1.29 is 18.0 Å². The Labute approximate surface area is 253 Å². The molecular weight excluding hydrogens is 581 g/mol. The number of anilines is 1. The molecule has 0 aliphatic rings. The van der Waals surface area contributed by atoms with Crippen molar-refractivity contribution >= 4 is 50.7 Å². The van der Waals surface area contributed by atoms with Crippen molar-refractivity contribution in [3.05, 3.63) is 94.0 Å². The van der Waals surface area contributed by atoms with Gasteiger partial charge in [0, 0.05) is 12.1 Å². The van der Waals surface area contributed by atoms with Crippen LogP contribution in [0.4, 0.5) is 5.69 Å². The van der Waals surface area contributed by atoms with Crippen molar-refractivity contribution in [2.75, 3.05) is 17.4 Å². The van der Waals surface area contributed by atoms with Crippen LogP contribution in [0.1, 0.15) is 45.2 Å². The molecule has 1 atom stereocenters. The minimum atomic E-state index is -4.19. The Morgan fingerprint density at radius 2 is 1.56 bits per heavy atom. The number of carbonyl (C=O) groups is 2. The number of carbonyl (C=O) groups excluding carboxylic acids is 2. The molecule has 0 radical (unpaired) electrons. The molecule has 0 aliphatic heterocycles. The van der Waals surface area contributed by atoms with Gasteiger partial charge in [-0.25, -0.2) is 8.42 Å². The van der Waals surface area contributed by atoms with Crippen molar-refractivity contribution in [3.63, 3.8) is 0 Å². The lowest BCUT2D eigenvalue weighted by molar-refractivity contribution is -0.140. The number of benzene rings is 3. The summed E-state index contributed by atoms with van der Waals surface area (Å²) in [7, 11) is -4.19. The molecule has 1 N–H and O–H groups in total. The number of amides is 2. The molecule has 0 spiro atoms. The number of sulfonamides is 1. The van der Waals surface area contributed by atoms with E-state index in [4.69, 9.17) is 23.2 Å². The number of nitrogens with one attached hydrogen (secondary N) is 1. The Hall–Kier alpha value is -3.07. The summed E-state index contributed by atoms with van der Waals surface area (Å²) in [6, 6.07) is 19.6. The highest BCUT2D eigenvalue weighted by Crippen LogP contribution is 2.31. The molecule has 10 heteroatoms. The number of hydrogen-bond donors (Lipinski definition) is 1. The van der Waals surface area contributed by atoms with E-state index in [0.717, 1.165) is 15.4 Å². The Morgan fingerprint density at radius 3 is 2.12 bits per heavy atom. The van der Waals surface area contributed by atoms with E-state index in [1.54, 1.807) is 12.1 Å². The Bertz CT molecular complexity index is 1460. The lowest BCUT2D eigenvalue weighted by atomic mass is 10.1. The first-order chi connectivity index (χ1) is 19.2. The molecule has 0 heterocycles. The molecule has 2 amide bonds. The van der Waals surface area contributed by atoms with Gasteiger partial charge in [-0.05, 0) is 76.4 Å². The normalized spacial score (nSPS) is 12.5. The molecule has 0 fully saturated rings. The highest BCUT2D eigenvalue weighted by molar-refractivity contribution is 7.92. The monoisotopic (exact) mass is 617 g/mol. The van der Waals surface area contributed by atoms with Gasteiger partial charge in [0.05, 0.1) is 20.6 Å². The third kappa shape index (κ3) is 8.71. The second-order valence-electron chi connectivity index (χ2n) is 10.9. The highest BCUT2D eigenvalue weighted by Gasteiger charge is 2.34. The van der Waals surface area contributed by atoms with Crippen molar-refractivity contribution in [3.8, 4) is 0 Å². The van der Waals surface area contributed by atoms with Gasteiger partial charge in [0.25, 0.3) is 10.0 Å². The van der Waals surface area contributed by atoms with E-state index in [9.17, 15) is 18.0 Å². The van der Waals surface area contributed by atoms with Crippen LogP contribution in [0.5, 0.6) is 0 Å². The summed E-state index contributed by atoms with van der Waals surface area (Å²) in [4.78, 5) is 28.9. The van der Waals surface area contributed by atoms with Crippen LogP contribution >= 0.6 is 23.2 Å². The van der Waals surface area contributed by atoms with Gasteiger partial charge < -0.3 is 10.2 Å². The van der Waals surface area contributed by atoms with Gasteiger partial charge >= 0.3 is 0 Å². The molecule has 0 saturated carbocycles. The molecule has 0 aromatic heterocycles. The second kappa shape index (κ2) is 13.7. The molecule has 0 unspecified atom stereocenters. The van der Waals surface area contributed by atoms with E-state index in [-0.39, 0.29) is 33.1 Å². The molecular formula is C31H37Cl2N3O4S. The zero-order valence-electron chi connectivity index (χ0n) is 24.0. The fourth-order valence-corrected chi connectivity index (χ4v) is 6.05. The minimum Gasteiger partial charge on any atom is -0.350 e. The molecule has 220 valence electrons. The number of halogens is 2. The molecule has 0 bridgehead atoms. The van der Waals surface area contributed by atoms with Gasteiger partial charge in [-0.2, -0.15) is 0 Å². The Morgan fingerprint density at radius 1 is 0.927 bits per heavy atom. The van der Waals surface area contributed by atoms with Crippen LogP contribution in [0, 0.1) is 6.92 Å². The average molecular weight is 619 g/mol. The number of hydrogen-bond acceptors (Lipinski definition) is 4. The topological polar surface area (TPSA) is 86.8 Å². The molecule has 3 aromatic carbocycles. The predicted molar refractivity (Wildman–Crippen MR) is 166 cm³/mol. The summed E-state index contributed by atoms with van der Waals surface area (Å²) >= 11 is 12.4. The number of nitrogens with zero attached hydrogens (tertiary/aromatic N) is 2. The van der Waals surface area contributed by atoms with Gasteiger partial charge in [0.2, 0.25) is 11.8 Å². The lowest BCUT2D eigenvalue weighted by Crippen LogP contribution is -2.56. The maximum Gasteiger partial charge on any atom is 0.264 e. The van der Waals surface area contributed by atoms with E-state index >= 15 is 0 Å². The molecule has 3 rings (SSSR count). The van der Waals surface area contributed by atoms with E-state index in [1.807, 2.05) is 65.0 Å².